The summed E-state index contributed by atoms with van der Waals surface area (Å²) >= 11 is 0. The van der Waals surface area contributed by atoms with Gasteiger partial charge in [-0.05, 0) is 54.4 Å². The van der Waals surface area contributed by atoms with E-state index in [0.29, 0.717) is 35.8 Å². The normalized spacial score (nSPS) is 16.2. The second-order valence-corrected chi connectivity index (χ2v) is 8.94. The number of benzene rings is 1. The molecule has 0 aliphatic heterocycles. The van der Waals surface area contributed by atoms with Crippen LogP contribution < -0.4 is 16.8 Å². The highest BCUT2D eigenvalue weighted by Gasteiger charge is 2.30. The van der Waals surface area contributed by atoms with Crippen molar-refractivity contribution < 1.29 is 18.0 Å². The van der Waals surface area contributed by atoms with E-state index in [-0.39, 0.29) is 48.2 Å². The van der Waals surface area contributed by atoms with Crippen LogP contribution >= 0.6 is 9.24 Å². The minimum atomic E-state index is -0.461. The first kappa shape index (κ1) is 28.0. The van der Waals surface area contributed by atoms with Crippen molar-refractivity contribution in [2.45, 2.75) is 25.7 Å². The highest BCUT2D eigenvalue weighted by Crippen LogP contribution is 2.29. The van der Waals surface area contributed by atoms with Crippen LogP contribution in [0.25, 0.3) is 10.9 Å². The zero-order chi connectivity index (χ0) is 27.1. The lowest BCUT2D eigenvalue weighted by molar-refractivity contribution is -0.121. The lowest BCUT2D eigenvalue weighted by Crippen LogP contribution is -2.33. The molecule has 1 heterocycles. The van der Waals surface area contributed by atoms with E-state index < -0.39 is 5.82 Å². The third-order valence-electron chi connectivity index (χ3n) is 5.62. The molecule has 1 aromatic carbocycles. The summed E-state index contributed by atoms with van der Waals surface area (Å²) in [7, 11) is 3.04. The first-order valence-corrected chi connectivity index (χ1v) is 12.0. The number of aliphatic imine (C=N–C) groups is 2. The molecule has 0 radical (unpaired) electrons. The van der Waals surface area contributed by atoms with E-state index in [1.54, 1.807) is 6.08 Å². The van der Waals surface area contributed by atoms with Crippen molar-refractivity contribution in [2.75, 3.05) is 13.8 Å². The van der Waals surface area contributed by atoms with Gasteiger partial charge in [0.25, 0.3) is 0 Å². The quantitative estimate of drug-likeness (QED) is 0.298. The molecule has 0 bridgehead atoms. The van der Waals surface area contributed by atoms with Crippen LogP contribution in [0.3, 0.4) is 0 Å². The van der Waals surface area contributed by atoms with Gasteiger partial charge in [0.15, 0.2) is 5.84 Å². The average Bonchev–Trinajstić information content (AvgIpc) is 3.70. The van der Waals surface area contributed by atoms with Gasteiger partial charge in [-0.25, -0.2) is 13.8 Å². The second-order valence-electron chi connectivity index (χ2n) is 8.27. The fourth-order valence-electron chi connectivity index (χ4n) is 3.56. The number of alkyl halides is 1. The lowest BCUT2D eigenvalue weighted by atomic mass is 10.0. The Morgan fingerprint density at radius 3 is 2.70 bits per heavy atom. The monoisotopic (exact) mass is 531 g/mol. The number of nitrogens with zero attached hydrogens (tertiary/aromatic N) is 4. The highest BCUT2D eigenvalue weighted by atomic mass is 31.0. The summed E-state index contributed by atoms with van der Waals surface area (Å²) in [5, 5.41) is 8.56. The standard InChI is InChI=1S/C24H26F2N7OP.CH3F/c1-13(30-23(34)14-2-3-14)22(28)31-24(29-12-27)33-21-9-5-16(25)11-18(21)20(32-33)10-15-4-6-17(35)7-8-19(15)26;1-2/h5-9,11,14H,1-4,10,12,27,35H2,(H,30,34)(H2,28,29,31);1H3. The van der Waals surface area contributed by atoms with E-state index in [0.717, 1.165) is 18.2 Å². The number of amidine groups is 1. The first-order valence-electron chi connectivity index (χ1n) is 11.4. The van der Waals surface area contributed by atoms with Gasteiger partial charge >= 0.3 is 0 Å². The molecule has 4 rings (SSSR count). The number of rotatable bonds is 6. The van der Waals surface area contributed by atoms with Crippen molar-refractivity contribution in [1.29, 1.82) is 0 Å². The van der Waals surface area contributed by atoms with Crippen LogP contribution in [-0.4, -0.2) is 41.3 Å². The van der Waals surface area contributed by atoms with Crippen LogP contribution in [0.4, 0.5) is 13.2 Å². The molecule has 0 spiro atoms. The SMILES string of the molecule is C=C(NC(=O)C1CC1)/C(N)=N\C(=N/CN)n1nc(CC2=C(F)C=CC(P)=CC2)c2cc(F)ccc21.CF. The number of hydrogen-bond acceptors (Lipinski definition) is 4. The molecule has 12 heteroatoms. The van der Waals surface area contributed by atoms with Crippen molar-refractivity contribution in [3.8, 4) is 0 Å². The molecule has 2 aliphatic carbocycles. The van der Waals surface area contributed by atoms with Crippen LogP contribution in [0.1, 0.15) is 25.0 Å². The summed E-state index contributed by atoms with van der Waals surface area (Å²) in [5.74, 6) is -1.06. The molecular weight excluding hydrogens is 502 g/mol. The number of hydrogen-bond donors (Lipinski definition) is 3. The number of carbonyl (C=O) groups excluding carboxylic acids is 1. The Bertz CT molecular complexity index is 1350. The molecule has 0 saturated heterocycles. The number of nitrogens with two attached hydrogens (primary N) is 2. The van der Waals surface area contributed by atoms with Crippen molar-refractivity contribution in [3.63, 3.8) is 0 Å². The highest BCUT2D eigenvalue weighted by molar-refractivity contribution is 7.22. The van der Waals surface area contributed by atoms with Crippen molar-refractivity contribution >= 4 is 37.8 Å². The zero-order valence-electron chi connectivity index (χ0n) is 20.3. The second kappa shape index (κ2) is 12.6. The van der Waals surface area contributed by atoms with E-state index in [2.05, 4.69) is 36.2 Å². The van der Waals surface area contributed by atoms with E-state index in [4.69, 9.17) is 11.5 Å². The van der Waals surface area contributed by atoms with Crippen LogP contribution in [-0.2, 0) is 11.2 Å². The molecule has 37 heavy (non-hydrogen) atoms. The summed E-state index contributed by atoms with van der Waals surface area (Å²) in [6, 6.07) is 4.14. The fraction of sp³-hybridized carbons (Fsp3) is 0.280. The predicted octanol–water partition coefficient (Wildman–Crippen LogP) is 3.76. The van der Waals surface area contributed by atoms with Gasteiger partial charge in [0, 0.05) is 17.7 Å². The van der Waals surface area contributed by atoms with Gasteiger partial charge in [0.2, 0.25) is 11.9 Å². The maximum absolute atomic E-state index is 14.7. The Morgan fingerprint density at radius 1 is 1.30 bits per heavy atom. The van der Waals surface area contributed by atoms with E-state index in [1.807, 2.05) is 6.08 Å². The first-order chi connectivity index (χ1) is 17.8. The third-order valence-corrected chi connectivity index (χ3v) is 6.05. The number of amides is 1. The van der Waals surface area contributed by atoms with Crippen LogP contribution in [0, 0.1) is 11.7 Å². The number of halogens is 3. The molecular formula is C25H29F3N7OP. The summed E-state index contributed by atoms with van der Waals surface area (Å²) in [5.41, 5.74) is 13.3. The molecule has 1 fully saturated rings. The number of aromatic nitrogens is 2. The van der Waals surface area contributed by atoms with Crippen molar-refractivity contribution in [3.05, 3.63) is 76.9 Å². The van der Waals surface area contributed by atoms with Gasteiger partial charge in [-0.1, -0.05) is 18.7 Å². The Hall–Kier alpha value is -3.56. The molecule has 1 saturated carbocycles. The topological polar surface area (TPSA) is 124 Å². The predicted molar refractivity (Wildman–Crippen MR) is 144 cm³/mol. The van der Waals surface area contributed by atoms with Crippen LogP contribution in [0.15, 0.2) is 75.4 Å². The molecule has 1 unspecified atom stereocenters. The van der Waals surface area contributed by atoms with E-state index in [1.165, 1.54) is 29.0 Å². The Labute approximate surface area is 215 Å². The Balaban J connectivity index is 0.00000186. The maximum atomic E-state index is 14.7. The zero-order valence-corrected chi connectivity index (χ0v) is 21.5. The molecule has 1 aromatic heterocycles. The molecule has 196 valence electrons. The Kier molecular flexibility index (Phi) is 9.54. The van der Waals surface area contributed by atoms with Crippen molar-refractivity contribution in [2.24, 2.45) is 27.4 Å². The molecule has 2 aromatic rings. The Morgan fingerprint density at radius 2 is 2.03 bits per heavy atom. The summed E-state index contributed by atoms with van der Waals surface area (Å²) in [4.78, 5) is 20.5. The molecule has 8 nitrogen and oxygen atoms in total. The average molecular weight is 532 g/mol. The largest absolute Gasteiger partial charge is 0.382 e. The van der Waals surface area contributed by atoms with Gasteiger partial charge < -0.3 is 16.8 Å². The van der Waals surface area contributed by atoms with Gasteiger partial charge in [0.1, 0.15) is 11.6 Å². The lowest BCUT2D eigenvalue weighted by Gasteiger charge is -2.09. The van der Waals surface area contributed by atoms with Gasteiger partial charge in [-0.3, -0.25) is 9.18 Å². The van der Waals surface area contributed by atoms with E-state index in [9.17, 15) is 18.0 Å². The fourth-order valence-corrected chi connectivity index (χ4v) is 3.77. The van der Waals surface area contributed by atoms with Gasteiger partial charge in [-0.15, -0.1) is 9.24 Å². The van der Waals surface area contributed by atoms with E-state index >= 15 is 0 Å². The smallest absolute Gasteiger partial charge is 0.249 e. The minimum Gasteiger partial charge on any atom is -0.382 e. The molecule has 5 N–H and O–H groups in total. The number of nitrogens with one attached hydrogen (secondary N) is 1. The number of fused-ring (bicyclic) bond motifs is 1. The van der Waals surface area contributed by atoms with Crippen LogP contribution in [0.5, 0.6) is 0 Å². The molecule has 1 amide bonds. The van der Waals surface area contributed by atoms with Crippen LogP contribution in [0.2, 0.25) is 0 Å². The molecule has 1 atom stereocenters. The summed E-state index contributed by atoms with van der Waals surface area (Å²) in [6.07, 6.45) is 7.14. The number of carbonyl (C=O) groups is 1. The minimum absolute atomic E-state index is 0.0250. The maximum Gasteiger partial charge on any atom is 0.249 e. The van der Waals surface area contributed by atoms with Gasteiger partial charge in [0.05, 0.1) is 30.8 Å². The summed E-state index contributed by atoms with van der Waals surface area (Å²) < 4.78 is 39.7. The number of allylic oxidation sites excluding steroid dienone is 6. The third kappa shape index (κ3) is 7.02. The van der Waals surface area contributed by atoms with Crippen molar-refractivity contribution in [1.82, 2.24) is 15.1 Å². The molecule has 2 aliphatic rings. The van der Waals surface area contributed by atoms with Gasteiger partial charge in [-0.2, -0.15) is 14.8 Å². The summed E-state index contributed by atoms with van der Waals surface area (Å²) in [6.45, 7) is 3.65.